The molecule has 1 aliphatic rings. The van der Waals surface area contributed by atoms with Crippen LogP contribution in [0.4, 0.5) is 9.18 Å². The Kier molecular flexibility index (Phi) is 9.80. The van der Waals surface area contributed by atoms with Crippen molar-refractivity contribution in [3.05, 3.63) is 30.0 Å². The second-order valence-corrected chi connectivity index (χ2v) is 10.7. The zero-order chi connectivity index (χ0) is 25.4. The molecule has 0 unspecified atom stereocenters. The zero-order valence-electron chi connectivity index (χ0n) is 20.0. The SMILES string of the molecule is CNC(=O)C1CCN(S(=O)(=O)c2ccc(OC/C(=C/CF)CNC(=O)OC(C)(C)C)nc2)CC1. The van der Waals surface area contributed by atoms with Crippen LogP contribution in [0.2, 0.25) is 0 Å². The van der Waals surface area contributed by atoms with Gasteiger partial charge in [0.2, 0.25) is 21.8 Å². The first-order chi connectivity index (χ1) is 16.0. The highest BCUT2D eigenvalue weighted by Crippen LogP contribution is 2.24. The second kappa shape index (κ2) is 12.1. The lowest BCUT2D eigenvalue weighted by Crippen LogP contribution is -2.42. The molecule has 1 aromatic rings. The van der Waals surface area contributed by atoms with Gasteiger partial charge in [-0.2, -0.15) is 4.31 Å². The Morgan fingerprint density at radius 3 is 2.47 bits per heavy atom. The van der Waals surface area contributed by atoms with Gasteiger partial charge in [0.25, 0.3) is 0 Å². The summed E-state index contributed by atoms with van der Waals surface area (Å²) in [5, 5.41) is 5.13. The van der Waals surface area contributed by atoms with Crippen LogP contribution >= 0.6 is 0 Å². The number of nitrogens with zero attached hydrogens (tertiary/aromatic N) is 2. The molecule has 0 aliphatic carbocycles. The molecular weight excluding hydrogens is 467 g/mol. The maximum absolute atomic E-state index is 12.9. The Balaban J connectivity index is 1.92. The van der Waals surface area contributed by atoms with Crippen LogP contribution in [0, 0.1) is 5.92 Å². The van der Waals surface area contributed by atoms with Gasteiger partial charge in [0.1, 0.15) is 23.8 Å². The number of ether oxygens (including phenoxy) is 2. The van der Waals surface area contributed by atoms with Gasteiger partial charge in [-0.15, -0.1) is 0 Å². The Hall–Kier alpha value is -2.73. The Bertz CT molecular complexity index is 968. The molecule has 0 aromatic carbocycles. The minimum Gasteiger partial charge on any atom is -0.473 e. The summed E-state index contributed by atoms with van der Waals surface area (Å²) in [6, 6.07) is 2.80. The van der Waals surface area contributed by atoms with Gasteiger partial charge in [0.05, 0.1) is 6.20 Å². The molecule has 1 fully saturated rings. The number of carbonyl (C=O) groups excluding carboxylic acids is 2. The molecule has 12 heteroatoms. The highest BCUT2D eigenvalue weighted by atomic mass is 32.2. The summed E-state index contributed by atoms with van der Waals surface area (Å²) in [5.74, 6) is -0.122. The minimum absolute atomic E-state index is 0.0179. The van der Waals surface area contributed by atoms with Crippen LogP contribution in [0.3, 0.4) is 0 Å². The third-order valence-electron chi connectivity index (χ3n) is 5.05. The summed E-state index contributed by atoms with van der Waals surface area (Å²) >= 11 is 0. The number of carbonyl (C=O) groups is 2. The number of halogens is 1. The number of alkyl halides is 1. The molecule has 1 aliphatic heterocycles. The van der Waals surface area contributed by atoms with Crippen molar-refractivity contribution in [3.8, 4) is 5.88 Å². The quantitative estimate of drug-likeness (QED) is 0.497. The molecule has 0 atom stereocenters. The van der Waals surface area contributed by atoms with E-state index in [-0.39, 0.29) is 48.8 Å². The van der Waals surface area contributed by atoms with Crippen LogP contribution < -0.4 is 15.4 Å². The predicted molar refractivity (Wildman–Crippen MR) is 124 cm³/mol. The number of piperidine rings is 1. The first kappa shape index (κ1) is 27.5. The summed E-state index contributed by atoms with van der Waals surface area (Å²) in [6.45, 7) is 4.93. The van der Waals surface area contributed by atoms with E-state index in [1.54, 1.807) is 27.8 Å². The molecule has 10 nitrogen and oxygen atoms in total. The molecule has 190 valence electrons. The van der Waals surface area contributed by atoms with E-state index in [4.69, 9.17) is 9.47 Å². The Morgan fingerprint density at radius 1 is 1.26 bits per heavy atom. The Labute approximate surface area is 199 Å². The van der Waals surface area contributed by atoms with E-state index < -0.39 is 28.4 Å². The van der Waals surface area contributed by atoms with E-state index in [2.05, 4.69) is 15.6 Å². The predicted octanol–water partition coefficient (Wildman–Crippen LogP) is 2.03. The smallest absolute Gasteiger partial charge is 0.407 e. The van der Waals surface area contributed by atoms with E-state index in [1.807, 2.05) is 0 Å². The van der Waals surface area contributed by atoms with Gasteiger partial charge >= 0.3 is 6.09 Å². The van der Waals surface area contributed by atoms with Crippen LogP contribution in [0.1, 0.15) is 33.6 Å². The first-order valence-corrected chi connectivity index (χ1v) is 12.4. The van der Waals surface area contributed by atoms with Crippen molar-refractivity contribution in [1.82, 2.24) is 19.9 Å². The van der Waals surface area contributed by atoms with E-state index in [9.17, 15) is 22.4 Å². The summed E-state index contributed by atoms with van der Waals surface area (Å²) in [7, 11) is -2.18. The maximum Gasteiger partial charge on any atom is 0.407 e. The molecule has 0 spiro atoms. The van der Waals surface area contributed by atoms with Crippen LogP contribution in [-0.2, 0) is 19.6 Å². The molecule has 2 rings (SSSR count). The molecule has 0 radical (unpaired) electrons. The Morgan fingerprint density at radius 2 is 1.94 bits per heavy atom. The highest BCUT2D eigenvalue weighted by molar-refractivity contribution is 7.89. The summed E-state index contributed by atoms with van der Waals surface area (Å²) in [6.07, 6.45) is 2.75. The lowest BCUT2D eigenvalue weighted by Gasteiger charge is -2.30. The van der Waals surface area contributed by atoms with E-state index in [0.717, 1.165) is 0 Å². The number of hydrogen-bond donors (Lipinski definition) is 2. The van der Waals surface area contributed by atoms with Gasteiger partial charge in [0, 0.05) is 38.7 Å². The van der Waals surface area contributed by atoms with Gasteiger partial charge in [-0.1, -0.05) is 0 Å². The molecule has 1 aromatic heterocycles. The number of allylic oxidation sites excluding steroid dienone is 1. The average molecular weight is 501 g/mol. The number of alkyl carbamates (subject to hydrolysis) is 1. The van der Waals surface area contributed by atoms with Crippen LogP contribution in [0.5, 0.6) is 5.88 Å². The van der Waals surface area contributed by atoms with Crippen molar-refractivity contribution in [2.24, 2.45) is 5.92 Å². The fraction of sp³-hybridized carbons (Fsp3) is 0.591. The largest absolute Gasteiger partial charge is 0.473 e. The number of rotatable bonds is 9. The molecule has 2 heterocycles. The normalized spacial score (nSPS) is 16.1. The molecule has 2 amide bonds. The summed E-state index contributed by atoms with van der Waals surface area (Å²) in [5.41, 5.74) is -0.192. The van der Waals surface area contributed by atoms with Crippen molar-refractivity contribution in [3.63, 3.8) is 0 Å². The molecule has 0 bridgehead atoms. The van der Waals surface area contributed by atoms with E-state index >= 15 is 0 Å². The molecule has 34 heavy (non-hydrogen) atoms. The summed E-state index contributed by atoms with van der Waals surface area (Å²) < 4.78 is 50.6. The van der Waals surface area contributed by atoms with Crippen molar-refractivity contribution in [2.45, 2.75) is 44.1 Å². The molecular formula is C22H33FN4O6S. The standard InChI is InChI=1S/C22H33FN4O6S/c1-22(2,3)33-21(29)26-13-16(7-10-23)15-32-19-6-5-18(14-25-19)34(30,31)27-11-8-17(9-12-27)20(28)24-4/h5-7,14,17H,8-13,15H2,1-4H3,(H,24,28)(H,26,29)/b16-7+. The van der Waals surface area contributed by atoms with Crippen molar-refractivity contribution in [2.75, 3.05) is 40.0 Å². The number of pyridine rings is 1. The average Bonchev–Trinajstić information content (AvgIpc) is 2.79. The minimum atomic E-state index is -3.75. The van der Waals surface area contributed by atoms with Gasteiger partial charge in [-0.05, 0) is 51.3 Å². The third-order valence-corrected chi connectivity index (χ3v) is 6.93. The van der Waals surface area contributed by atoms with Gasteiger partial charge in [-0.25, -0.2) is 22.6 Å². The van der Waals surface area contributed by atoms with Gasteiger partial charge in [0.15, 0.2) is 0 Å². The third kappa shape index (κ3) is 8.24. The monoisotopic (exact) mass is 500 g/mol. The number of hydrogen-bond acceptors (Lipinski definition) is 7. The topological polar surface area (TPSA) is 127 Å². The molecule has 2 N–H and O–H groups in total. The maximum atomic E-state index is 12.9. The lowest BCUT2D eigenvalue weighted by atomic mass is 9.97. The van der Waals surface area contributed by atoms with Crippen LogP contribution in [0.25, 0.3) is 0 Å². The van der Waals surface area contributed by atoms with Gasteiger partial charge < -0.3 is 20.1 Å². The fourth-order valence-electron chi connectivity index (χ4n) is 3.27. The van der Waals surface area contributed by atoms with Crippen molar-refractivity contribution < 1.29 is 31.9 Å². The zero-order valence-corrected chi connectivity index (χ0v) is 20.8. The van der Waals surface area contributed by atoms with Crippen molar-refractivity contribution >= 4 is 22.0 Å². The highest BCUT2D eigenvalue weighted by Gasteiger charge is 2.32. The van der Waals surface area contributed by atoms with Crippen LogP contribution in [0.15, 0.2) is 34.9 Å². The lowest BCUT2D eigenvalue weighted by molar-refractivity contribution is -0.125. The van der Waals surface area contributed by atoms with Crippen LogP contribution in [-0.4, -0.2) is 75.3 Å². The van der Waals surface area contributed by atoms with E-state index in [1.165, 1.54) is 28.7 Å². The van der Waals surface area contributed by atoms with Crippen molar-refractivity contribution in [1.29, 1.82) is 0 Å². The second-order valence-electron chi connectivity index (χ2n) is 8.79. The molecule has 0 saturated carbocycles. The number of nitrogens with one attached hydrogen (secondary N) is 2. The fourth-order valence-corrected chi connectivity index (χ4v) is 4.69. The summed E-state index contributed by atoms with van der Waals surface area (Å²) in [4.78, 5) is 27.6. The van der Waals surface area contributed by atoms with Gasteiger partial charge in [-0.3, -0.25) is 4.79 Å². The number of sulfonamides is 1. The van der Waals surface area contributed by atoms with E-state index in [0.29, 0.717) is 18.4 Å². The number of amides is 2. The number of aromatic nitrogens is 1. The molecule has 1 saturated heterocycles. The first-order valence-electron chi connectivity index (χ1n) is 11.0.